The molecule has 146 valence electrons. The summed E-state index contributed by atoms with van der Waals surface area (Å²) in [5, 5.41) is 11.9. The highest BCUT2D eigenvalue weighted by Gasteiger charge is 2.46. The Morgan fingerprint density at radius 1 is 1.31 bits per heavy atom. The molecule has 0 aliphatic carbocycles. The Balaban J connectivity index is 1.67. The van der Waals surface area contributed by atoms with E-state index in [2.05, 4.69) is 5.48 Å². The summed E-state index contributed by atoms with van der Waals surface area (Å²) in [4.78, 5) is 35.7. The number of para-hydroxylation sites is 1. The Bertz CT molecular complexity index is 1290. The van der Waals surface area contributed by atoms with Crippen molar-refractivity contribution < 1.29 is 19.5 Å². The summed E-state index contributed by atoms with van der Waals surface area (Å²) in [6.07, 6.45) is -0.126. The van der Waals surface area contributed by atoms with Gasteiger partial charge in [0.25, 0.3) is 5.56 Å². The van der Waals surface area contributed by atoms with Crippen molar-refractivity contribution in [3.05, 3.63) is 62.9 Å². The van der Waals surface area contributed by atoms with Crippen molar-refractivity contribution in [2.24, 2.45) is 0 Å². The van der Waals surface area contributed by atoms with E-state index in [0.29, 0.717) is 29.1 Å². The zero-order valence-corrected chi connectivity index (χ0v) is 15.6. The van der Waals surface area contributed by atoms with Crippen molar-refractivity contribution in [1.29, 1.82) is 0 Å². The van der Waals surface area contributed by atoms with Crippen molar-refractivity contribution in [3.63, 3.8) is 0 Å². The smallest absolute Gasteiger partial charge is 0.343 e. The van der Waals surface area contributed by atoms with Gasteiger partial charge in [-0.25, -0.2) is 9.78 Å². The molecule has 6 rings (SSSR count). The topological polar surface area (TPSA) is 116 Å². The summed E-state index contributed by atoms with van der Waals surface area (Å²) in [6, 6.07) is 9.48. The number of rotatable bonds is 2. The molecule has 2 atom stereocenters. The number of aromatic nitrogens is 2. The summed E-state index contributed by atoms with van der Waals surface area (Å²) in [5.41, 5.74) is 5.35. The summed E-state index contributed by atoms with van der Waals surface area (Å²) in [7, 11) is 0. The first kappa shape index (κ1) is 16.8. The second-order valence-corrected chi connectivity index (χ2v) is 7.59. The maximum Gasteiger partial charge on any atom is 0.343 e. The molecule has 0 saturated carbocycles. The Kier molecular flexibility index (Phi) is 3.20. The molecule has 2 aromatic heterocycles. The summed E-state index contributed by atoms with van der Waals surface area (Å²) in [6.45, 7) is 1.90. The van der Waals surface area contributed by atoms with Crippen LogP contribution in [0.4, 0.5) is 0 Å². The first-order chi connectivity index (χ1) is 14.0. The fourth-order valence-electron chi connectivity index (χ4n) is 4.51. The molecule has 1 saturated heterocycles. The highest BCUT2D eigenvalue weighted by molar-refractivity contribution is 5.89. The number of aliphatic hydroxyl groups is 1. The fraction of sp³-hybridized carbons (Fsp3) is 0.286. The molecule has 0 radical (unpaired) electrons. The van der Waals surface area contributed by atoms with Crippen molar-refractivity contribution in [1.82, 2.24) is 15.0 Å². The molecular weight excluding hydrogens is 374 g/mol. The van der Waals surface area contributed by atoms with Gasteiger partial charge < -0.3 is 14.4 Å². The largest absolute Gasteiger partial charge is 0.458 e. The molecule has 3 aliphatic heterocycles. The van der Waals surface area contributed by atoms with Gasteiger partial charge in [0.05, 0.1) is 29.0 Å². The molecule has 3 aromatic rings. The highest BCUT2D eigenvalue weighted by Crippen LogP contribution is 2.43. The molecular formula is C21H17N3O5. The Morgan fingerprint density at radius 2 is 2.10 bits per heavy atom. The number of esters is 1. The van der Waals surface area contributed by atoms with Gasteiger partial charge in [-0.2, -0.15) is 5.48 Å². The van der Waals surface area contributed by atoms with Crippen LogP contribution in [0.15, 0.2) is 35.1 Å². The van der Waals surface area contributed by atoms with Crippen molar-refractivity contribution >= 4 is 16.9 Å². The van der Waals surface area contributed by atoms with E-state index in [-0.39, 0.29) is 24.8 Å². The minimum absolute atomic E-state index is 0.116. The van der Waals surface area contributed by atoms with Gasteiger partial charge >= 0.3 is 5.97 Å². The van der Waals surface area contributed by atoms with Gasteiger partial charge in [0.15, 0.2) is 11.8 Å². The third kappa shape index (κ3) is 2.10. The zero-order chi connectivity index (χ0) is 19.9. The van der Waals surface area contributed by atoms with E-state index in [4.69, 9.17) is 14.6 Å². The van der Waals surface area contributed by atoms with Gasteiger partial charge in [-0.1, -0.05) is 25.1 Å². The molecule has 8 nitrogen and oxygen atoms in total. The monoisotopic (exact) mass is 391 g/mol. The van der Waals surface area contributed by atoms with Crippen molar-refractivity contribution in [2.45, 2.75) is 38.3 Å². The van der Waals surface area contributed by atoms with Crippen LogP contribution in [-0.2, 0) is 33.1 Å². The van der Waals surface area contributed by atoms with E-state index >= 15 is 0 Å². The van der Waals surface area contributed by atoms with Gasteiger partial charge in [0.1, 0.15) is 6.61 Å². The van der Waals surface area contributed by atoms with Crippen LogP contribution in [0.25, 0.3) is 22.3 Å². The SMILES string of the molecule is CC[C@@]1(O)C(=O)OCc2c1cc1n(c2=O)Cc2c-1nc1ccccc1c2C1NO1. The Morgan fingerprint density at radius 3 is 2.86 bits per heavy atom. The van der Waals surface area contributed by atoms with Gasteiger partial charge in [-0.15, -0.1) is 0 Å². The number of fused-ring (bicyclic) bond motifs is 5. The molecule has 1 aromatic carbocycles. The van der Waals surface area contributed by atoms with E-state index in [1.165, 1.54) is 0 Å². The number of nitrogens with zero attached hydrogens (tertiary/aromatic N) is 2. The van der Waals surface area contributed by atoms with Gasteiger partial charge in [-0.3, -0.25) is 9.63 Å². The molecule has 0 amide bonds. The van der Waals surface area contributed by atoms with E-state index in [1.54, 1.807) is 17.6 Å². The number of hydrogen-bond donors (Lipinski definition) is 2. The first-order valence-corrected chi connectivity index (χ1v) is 9.52. The Labute approximate surface area is 164 Å². The first-order valence-electron chi connectivity index (χ1n) is 9.52. The second kappa shape index (κ2) is 5.50. The highest BCUT2D eigenvalue weighted by atomic mass is 16.8. The lowest BCUT2D eigenvalue weighted by molar-refractivity contribution is -0.172. The number of nitrogens with one attached hydrogen (secondary N) is 1. The molecule has 8 heteroatoms. The minimum Gasteiger partial charge on any atom is -0.458 e. The summed E-state index contributed by atoms with van der Waals surface area (Å²) < 4.78 is 6.75. The maximum absolute atomic E-state index is 13.3. The van der Waals surface area contributed by atoms with Crippen LogP contribution in [-0.4, -0.2) is 20.6 Å². The van der Waals surface area contributed by atoms with Crippen LogP contribution >= 0.6 is 0 Å². The molecule has 1 unspecified atom stereocenters. The average molecular weight is 391 g/mol. The number of carbonyl (C=O) groups is 1. The number of pyridine rings is 2. The molecule has 3 aliphatic rings. The Hall–Kier alpha value is -3.07. The number of hydroxylamine groups is 1. The molecule has 1 fully saturated rings. The van der Waals surface area contributed by atoms with E-state index in [0.717, 1.165) is 22.0 Å². The zero-order valence-electron chi connectivity index (χ0n) is 15.6. The molecule has 5 heterocycles. The third-order valence-electron chi connectivity index (χ3n) is 6.14. The predicted molar refractivity (Wildman–Crippen MR) is 101 cm³/mol. The average Bonchev–Trinajstić information content (AvgIpc) is 3.50. The number of hydrogen-bond acceptors (Lipinski definition) is 7. The lowest BCUT2D eigenvalue weighted by Gasteiger charge is -2.31. The van der Waals surface area contributed by atoms with Crippen molar-refractivity contribution in [2.75, 3.05) is 0 Å². The summed E-state index contributed by atoms with van der Waals surface area (Å²) in [5.74, 6) is -0.724. The van der Waals surface area contributed by atoms with E-state index in [1.807, 2.05) is 24.3 Å². The summed E-state index contributed by atoms with van der Waals surface area (Å²) >= 11 is 0. The number of carbonyl (C=O) groups excluding carboxylic acids is 1. The normalized spacial score (nSPS) is 24.1. The second-order valence-electron chi connectivity index (χ2n) is 7.59. The minimum atomic E-state index is -1.83. The number of benzene rings is 1. The fourth-order valence-corrected chi connectivity index (χ4v) is 4.51. The van der Waals surface area contributed by atoms with Crippen LogP contribution < -0.4 is 11.0 Å². The number of ether oxygens (including phenoxy) is 1. The lowest BCUT2D eigenvalue weighted by Crippen LogP contribution is -2.44. The lowest BCUT2D eigenvalue weighted by atomic mass is 9.86. The van der Waals surface area contributed by atoms with Gasteiger partial charge in [-0.05, 0) is 18.6 Å². The maximum atomic E-state index is 13.3. The van der Waals surface area contributed by atoms with E-state index in [9.17, 15) is 14.7 Å². The van der Waals surface area contributed by atoms with Gasteiger partial charge in [0.2, 0.25) is 0 Å². The van der Waals surface area contributed by atoms with Gasteiger partial charge in [0, 0.05) is 22.1 Å². The van der Waals surface area contributed by atoms with E-state index < -0.39 is 11.6 Å². The van der Waals surface area contributed by atoms with Crippen molar-refractivity contribution in [3.8, 4) is 11.4 Å². The van der Waals surface area contributed by atoms with Crippen LogP contribution in [0.2, 0.25) is 0 Å². The quantitative estimate of drug-likeness (QED) is 0.394. The van der Waals surface area contributed by atoms with Crippen LogP contribution in [0.5, 0.6) is 0 Å². The molecule has 2 N–H and O–H groups in total. The van der Waals surface area contributed by atoms with Crippen LogP contribution in [0.3, 0.4) is 0 Å². The molecule has 0 spiro atoms. The predicted octanol–water partition coefficient (Wildman–Crippen LogP) is 1.61. The molecule has 29 heavy (non-hydrogen) atoms. The third-order valence-corrected chi connectivity index (χ3v) is 6.14. The number of cyclic esters (lactones) is 1. The van der Waals surface area contributed by atoms with Crippen LogP contribution in [0.1, 0.15) is 41.8 Å². The van der Waals surface area contributed by atoms with Crippen LogP contribution in [0, 0.1) is 0 Å². The standard InChI is InChI=1S/C21H17N3O5/c1-2-21(27)13-7-15-17-11(8-24(15)19(25)12(13)9-28-20(21)26)16(18-23-29-18)10-5-3-4-6-14(10)22-17/h3-7,18,23,27H,2,8-9H2,1H3/t18?,21-/m0/s1. The molecule has 0 bridgehead atoms.